The third kappa shape index (κ3) is 3.98. The van der Waals surface area contributed by atoms with E-state index in [1.165, 1.54) is 4.88 Å². The van der Waals surface area contributed by atoms with E-state index >= 15 is 0 Å². The van der Waals surface area contributed by atoms with Crippen LogP contribution in [0.5, 0.6) is 0 Å². The van der Waals surface area contributed by atoms with Crippen molar-refractivity contribution in [3.63, 3.8) is 0 Å². The highest BCUT2D eigenvalue weighted by molar-refractivity contribution is 7.09. The summed E-state index contributed by atoms with van der Waals surface area (Å²) in [5, 5.41) is 5.27. The summed E-state index contributed by atoms with van der Waals surface area (Å²) in [4.78, 5) is 13.1. The molecule has 3 nitrogen and oxygen atoms in total. The quantitative estimate of drug-likeness (QED) is 0.821. The van der Waals surface area contributed by atoms with E-state index in [4.69, 9.17) is 17.3 Å². The zero-order chi connectivity index (χ0) is 13.7. The molecule has 0 aliphatic carbocycles. The van der Waals surface area contributed by atoms with Gasteiger partial charge in [-0.3, -0.25) is 4.79 Å². The molecule has 0 fully saturated rings. The van der Waals surface area contributed by atoms with E-state index in [1.807, 2.05) is 11.4 Å². The summed E-state index contributed by atoms with van der Waals surface area (Å²) in [5.41, 5.74) is 6.77. The van der Waals surface area contributed by atoms with Gasteiger partial charge in [-0.2, -0.15) is 0 Å². The van der Waals surface area contributed by atoms with Crippen molar-refractivity contribution in [1.29, 1.82) is 0 Å². The molecule has 0 saturated heterocycles. The number of rotatable bonds is 5. The van der Waals surface area contributed by atoms with Gasteiger partial charge in [0, 0.05) is 11.3 Å². The van der Waals surface area contributed by atoms with Crippen LogP contribution in [0.4, 0.5) is 11.4 Å². The number of anilines is 2. The van der Waals surface area contributed by atoms with Gasteiger partial charge in [0.15, 0.2) is 0 Å². The maximum Gasteiger partial charge on any atom is 0.224 e. The summed E-state index contributed by atoms with van der Waals surface area (Å²) in [7, 11) is 0. The molecule has 0 unspecified atom stereocenters. The fraction of sp³-hybridized carbons (Fsp3) is 0.214. The second-order valence-electron chi connectivity index (χ2n) is 4.19. The maximum atomic E-state index is 11.8. The van der Waals surface area contributed by atoms with E-state index in [1.54, 1.807) is 29.5 Å². The Morgan fingerprint density at radius 2 is 2.16 bits per heavy atom. The van der Waals surface area contributed by atoms with Gasteiger partial charge in [0.1, 0.15) is 0 Å². The second kappa shape index (κ2) is 6.59. The van der Waals surface area contributed by atoms with E-state index < -0.39 is 0 Å². The van der Waals surface area contributed by atoms with E-state index in [0.717, 1.165) is 12.8 Å². The molecule has 3 N–H and O–H groups in total. The Morgan fingerprint density at radius 3 is 2.84 bits per heavy atom. The maximum absolute atomic E-state index is 11.8. The lowest BCUT2D eigenvalue weighted by Gasteiger charge is -2.09. The van der Waals surface area contributed by atoms with E-state index in [-0.39, 0.29) is 5.91 Å². The minimum Gasteiger partial charge on any atom is -0.397 e. The van der Waals surface area contributed by atoms with Crippen LogP contribution in [-0.2, 0) is 11.2 Å². The van der Waals surface area contributed by atoms with Gasteiger partial charge in [-0.25, -0.2) is 0 Å². The average molecular weight is 295 g/mol. The zero-order valence-electron chi connectivity index (χ0n) is 10.4. The number of benzene rings is 1. The molecule has 1 heterocycles. The van der Waals surface area contributed by atoms with Crippen molar-refractivity contribution in [2.24, 2.45) is 0 Å². The molecule has 1 aromatic carbocycles. The first-order valence-corrected chi connectivity index (χ1v) is 7.29. The van der Waals surface area contributed by atoms with Crippen LogP contribution >= 0.6 is 22.9 Å². The normalized spacial score (nSPS) is 10.4. The number of nitrogens with two attached hydrogens (primary N) is 1. The van der Waals surface area contributed by atoms with Crippen LogP contribution in [-0.4, -0.2) is 5.91 Å². The second-order valence-corrected chi connectivity index (χ2v) is 5.62. The molecule has 0 aliphatic rings. The molecule has 0 bridgehead atoms. The number of hydrogen-bond acceptors (Lipinski definition) is 3. The number of carbonyl (C=O) groups excluding carboxylic acids is 1. The minimum atomic E-state index is -0.0589. The van der Waals surface area contributed by atoms with Crippen molar-refractivity contribution < 1.29 is 4.79 Å². The lowest BCUT2D eigenvalue weighted by Crippen LogP contribution is -2.13. The fourth-order valence-electron chi connectivity index (χ4n) is 1.75. The van der Waals surface area contributed by atoms with Crippen molar-refractivity contribution in [3.8, 4) is 0 Å². The van der Waals surface area contributed by atoms with Gasteiger partial charge in [0.25, 0.3) is 0 Å². The predicted molar refractivity (Wildman–Crippen MR) is 81.8 cm³/mol. The summed E-state index contributed by atoms with van der Waals surface area (Å²) < 4.78 is 0. The van der Waals surface area contributed by atoms with Crippen molar-refractivity contribution in [2.45, 2.75) is 19.3 Å². The molecule has 2 rings (SSSR count). The number of para-hydroxylation sites is 1. The monoisotopic (exact) mass is 294 g/mol. The summed E-state index contributed by atoms with van der Waals surface area (Å²) >= 11 is 7.71. The van der Waals surface area contributed by atoms with E-state index in [9.17, 15) is 4.79 Å². The van der Waals surface area contributed by atoms with Gasteiger partial charge in [0.05, 0.1) is 16.4 Å². The van der Waals surface area contributed by atoms with Gasteiger partial charge in [-0.05, 0) is 36.4 Å². The zero-order valence-corrected chi connectivity index (χ0v) is 11.9. The van der Waals surface area contributed by atoms with Crippen molar-refractivity contribution in [2.75, 3.05) is 11.1 Å². The highest BCUT2D eigenvalue weighted by atomic mass is 35.5. The summed E-state index contributed by atoms with van der Waals surface area (Å²) in [5.74, 6) is -0.0589. The van der Waals surface area contributed by atoms with Gasteiger partial charge in [-0.15, -0.1) is 11.3 Å². The standard InChI is InChI=1S/C14H15ClN2OS/c15-11-6-2-7-12(16)14(11)17-13(18)8-1-4-10-5-3-9-19-10/h2-3,5-7,9H,1,4,8,16H2,(H,17,18). The molecule has 5 heteroatoms. The van der Waals surface area contributed by atoms with E-state index in [0.29, 0.717) is 22.8 Å². The Morgan fingerprint density at radius 1 is 1.32 bits per heavy atom. The predicted octanol–water partition coefficient (Wildman–Crippen LogP) is 3.95. The molecule has 1 amide bonds. The average Bonchev–Trinajstić information content (AvgIpc) is 2.87. The Kier molecular flexibility index (Phi) is 4.82. The number of thiophene rings is 1. The van der Waals surface area contributed by atoms with Gasteiger partial charge < -0.3 is 11.1 Å². The number of carbonyl (C=O) groups is 1. The van der Waals surface area contributed by atoms with Crippen LogP contribution in [0.15, 0.2) is 35.7 Å². The summed E-state index contributed by atoms with van der Waals surface area (Å²) in [6.45, 7) is 0. The number of nitrogen functional groups attached to an aromatic ring is 1. The summed E-state index contributed by atoms with van der Waals surface area (Å²) in [6, 6.07) is 9.27. The Hall–Kier alpha value is -1.52. The molecule has 0 saturated carbocycles. The summed E-state index contributed by atoms with van der Waals surface area (Å²) in [6.07, 6.45) is 2.20. The molecular weight excluding hydrogens is 280 g/mol. The molecule has 19 heavy (non-hydrogen) atoms. The van der Waals surface area contributed by atoms with E-state index in [2.05, 4.69) is 11.4 Å². The highest BCUT2D eigenvalue weighted by Crippen LogP contribution is 2.28. The Balaban J connectivity index is 1.84. The molecule has 0 spiro atoms. The molecule has 0 aliphatic heterocycles. The fourth-order valence-corrected chi connectivity index (χ4v) is 2.73. The lowest BCUT2D eigenvalue weighted by atomic mass is 10.2. The number of amides is 1. The Bertz CT molecular complexity index is 534. The first kappa shape index (κ1) is 13.9. The molecule has 2 aromatic rings. The third-order valence-corrected chi connectivity index (χ3v) is 3.97. The van der Waals surface area contributed by atoms with Crippen molar-refractivity contribution in [3.05, 3.63) is 45.6 Å². The van der Waals surface area contributed by atoms with Crippen molar-refractivity contribution in [1.82, 2.24) is 0 Å². The first-order chi connectivity index (χ1) is 9.16. The van der Waals surface area contributed by atoms with Gasteiger partial charge in [0.2, 0.25) is 5.91 Å². The van der Waals surface area contributed by atoms with Crippen LogP contribution in [0.25, 0.3) is 0 Å². The SMILES string of the molecule is Nc1cccc(Cl)c1NC(=O)CCCc1cccs1. The van der Waals surface area contributed by atoms with Crippen molar-refractivity contribution >= 4 is 40.2 Å². The minimum absolute atomic E-state index is 0.0589. The first-order valence-electron chi connectivity index (χ1n) is 6.03. The smallest absolute Gasteiger partial charge is 0.224 e. The van der Waals surface area contributed by atoms with Crippen LogP contribution in [0.1, 0.15) is 17.7 Å². The molecule has 0 radical (unpaired) electrons. The number of nitrogens with one attached hydrogen (secondary N) is 1. The number of halogens is 1. The molecular formula is C14H15ClN2OS. The number of hydrogen-bond donors (Lipinski definition) is 2. The Labute approximate surface area is 121 Å². The van der Waals surface area contributed by atoms with Crippen LogP contribution < -0.4 is 11.1 Å². The third-order valence-electron chi connectivity index (χ3n) is 2.72. The molecule has 1 aromatic heterocycles. The largest absolute Gasteiger partial charge is 0.397 e. The molecule has 0 atom stereocenters. The topological polar surface area (TPSA) is 55.1 Å². The number of aryl methyl sites for hydroxylation is 1. The van der Waals surface area contributed by atoms with Crippen LogP contribution in [0, 0.1) is 0 Å². The van der Waals surface area contributed by atoms with Gasteiger partial charge >= 0.3 is 0 Å². The van der Waals surface area contributed by atoms with Crippen LogP contribution in [0.3, 0.4) is 0 Å². The van der Waals surface area contributed by atoms with Gasteiger partial charge in [-0.1, -0.05) is 23.7 Å². The van der Waals surface area contributed by atoms with Crippen LogP contribution in [0.2, 0.25) is 5.02 Å². The lowest BCUT2D eigenvalue weighted by molar-refractivity contribution is -0.116. The highest BCUT2D eigenvalue weighted by Gasteiger charge is 2.08. The molecule has 100 valence electrons.